The van der Waals surface area contributed by atoms with Gasteiger partial charge in [-0.25, -0.2) is 9.67 Å². The first-order valence-electron chi connectivity index (χ1n) is 9.45. The van der Waals surface area contributed by atoms with Gasteiger partial charge in [0.25, 0.3) is 5.91 Å². The lowest BCUT2D eigenvalue weighted by molar-refractivity contribution is 0.0784. The number of carbonyl (C=O) groups is 1. The minimum atomic E-state index is -0.123. The smallest absolute Gasteiger partial charge is 0.257 e. The van der Waals surface area contributed by atoms with Gasteiger partial charge in [0, 0.05) is 18.6 Å². The number of furan rings is 1. The first-order valence-corrected chi connectivity index (χ1v) is 10.3. The highest BCUT2D eigenvalue weighted by molar-refractivity contribution is 7.09. The van der Waals surface area contributed by atoms with E-state index in [0.717, 1.165) is 28.6 Å². The topological polar surface area (TPSA) is 64.2 Å². The number of rotatable bonds is 6. The molecule has 1 aromatic carbocycles. The Kier molecular flexibility index (Phi) is 5.31. The van der Waals surface area contributed by atoms with Gasteiger partial charge in [-0.3, -0.25) is 4.79 Å². The molecule has 0 fully saturated rings. The standard InChI is InChI=1S/C22H22N4O2S/c1-4-20-23-16(14-29-20)12-25(3)22(27)18-13-26(17-8-6-5-7-9-17)24-21(18)19-11-10-15(2)28-19/h5-11,13-14H,4,12H2,1-3H3. The predicted octanol–water partition coefficient (Wildman–Crippen LogP) is 4.73. The summed E-state index contributed by atoms with van der Waals surface area (Å²) in [5, 5.41) is 7.73. The normalized spacial score (nSPS) is 11.0. The van der Waals surface area contributed by atoms with E-state index in [1.54, 1.807) is 34.2 Å². The van der Waals surface area contributed by atoms with Crippen molar-refractivity contribution in [1.82, 2.24) is 19.7 Å². The number of hydrogen-bond acceptors (Lipinski definition) is 5. The number of carbonyl (C=O) groups excluding carboxylic acids is 1. The lowest BCUT2D eigenvalue weighted by atomic mass is 10.2. The fourth-order valence-corrected chi connectivity index (χ4v) is 3.83. The summed E-state index contributed by atoms with van der Waals surface area (Å²) in [5.41, 5.74) is 2.81. The van der Waals surface area contributed by atoms with Gasteiger partial charge in [0.15, 0.2) is 5.76 Å². The maximum Gasteiger partial charge on any atom is 0.257 e. The van der Waals surface area contributed by atoms with Crippen molar-refractivity contribution in [2.75, 3.05) is 7.05 Å². The van der Waals surface area contributed by atoms with Crippen LogP contribution in [0.2, 0.25) is 0 Å². The zero-order chi connectivity index (χ0) is 20.4. The van der Waals surface area contributed by atoms with E-state index in [1.807, 2.05) is 54.8 Å². The number of thiazole rings is 1. The van der Waals surface area contributed by atoms with Crippen LogP contribution in [0.5, 0.6) is 0 Å². The summed E-state index contributed by atoms with van der Waals surface area (Å²) in [5.74, 6) is 1.23. The van der Waals surface area contributed by atoms with Crippen molar-refractivity contribution in [2.24, 2.45) is 0 Å². The number of hydrogen-bond donors (Lipinski definition) is 0. The van der Waals surface area contributed by atoms with Crippen molar-refractivity contribution < 1.29 is 9.21 Å². The van der Waals surface area contributed by atoms with E-state index in [4.69, 9.17) is 4.42 Å². The zero-order valence-electron chi connectivity index (χ0n) is 16.6. The molecule has 3 aromatic heterocycles. The summed E-state index contributed by atoms with van der Waals surface area (Å²) in [4.78, 5) is 19.5. The molecule has 1 amide bonds. The van der Waals surface area contributed by atoms with E-state index < -0.39 is 0 Å². The summed E-state index contributed by atoms with van der Waals surface area (Å²) in [6.07, 6.45) is 2.66. The molecule has 4 rings (SSSR count). The van der Waals surface area contributed by atoms with Gasteiger partial charge in [-0.15, -0.1) is 11.3 Å². The van der Waals surface area contributed by atoms with Gasteiger partial charge in [0.2, 0.25) is 0 Å². The Hall–Kier alpha value is -3.19. The van der Waals surface area contributed by atoms with Gasteiger partial charge < -0.3 is 9.32 Å². The van der Waals surface area contributed by atoms with Crippen LogP contribution in [0.4, 0.5) is 0 Å². The summed E-state index contributed by atoms with van der Waals surface area (Å²) in [7, 11) is 1.78. The molecule has 0 saturated carbocycles. The van der Waals surface area contributed by atoms with Crippen molar-refractivity contribution >= 4 is 17.2 Å². The average Bonchev–Trinajstić information content (AvgIpc) is 3.47. The molecule has 7 heteroatoms. The van der Waals surface area contributed by atoms with Crippen LogP contribution in [-0.2, 0) is 13.0 Å². The Morgan fingerprint density at radius 1 is 1.21 bits per heavy atom. The van der Waals surface area contributed by atoms with E-state index >= 15 is 0 Å². The number of para-hydroxylation sites is 1. The molecule has 0 radical (unpaired) electrons. The van der Waals surface area contributed by atoms with Gasteiger partial charge in [-0.2, -0.15) is 5.10 Å². The third-order valence-corrected chi connectivity index (χ3v) is 5.63. The maximum atomic E-state index is 13.3. The maximum absolute atomic E-state index is 13.3. The molecule has 0 unspecified atom stereocenters. The van der Waals surface area contributed by atoms with Crippen LogP contribution in [0.15, 0.2) is 58.5 Å². The van der Waals surface area contributed by atoms with E-state index in [1.165, 1.54) is 0 Å². The van der Waals surface area contributed by atoms with Gasteiger partial charge >= 0.3 is 0 Å². The number of amides is 1. The summed E-state index contributed by atoms with van der Waals surface area (Å²) in [6.45, 7) is 4.40. The number of nitrogens with zero attached hydrogens (tertiary/aromatic N) is 4. The third kappa shape index (κ3) is 4.00. The lowest BCUT2D eigenvalue weighted by Gasteiger charge is -2.15. The molecule has 0 N–H and O–H groups in total. The minimum Gasteiger partial charge on any atom is -0.460 e. The molecular formula is C22H22N4O2S. The van der Waals surface area contributed by atoms with Gasteiger partial charge in [-0.05, 0) is 37.6 Å². The molecule has 0 saturated heterocycles. The summed E-state index contributed by atoms with van der Waals surface area (Å²) in [6, 6.07) is 13.4. The molecular weight excluding hydrogens is 384 g/mol. The lowest BCUT2D eigenvalue weighted by Crippen LogP contribution is -2.26. The second-order valence-corrected chi connectivity index (χ2v) is 7.77. The Morgan fingerprint density at radius 2 is 2.00 bits per heavy atom. The second kappa shape index (κ2) is 8.05. The molecule has 0 atom stereocenters. The fraction of sp³-hybridized carbons (Fsp3) is 0.227. The highest BCUT2D eigenvalue weighted by Gasteiger charge is 2.24. The number of aryl methyl sites for hydroxylation is 2. The molecule has 6 nitrogen and oxygen atoms in total. The van der Waals surface area contributed by atoms with Gasteiger partial charge in [0.05, 0.1) is 28.5 Å². The minimum absolute atomic E-state index is 0.123. The predicted molar refractivity (Wildman–Crippen MR) is 113 cm³/mol. The first-order chi connectivity index (χ1) is 14.0. The Bertz CT molecular complexity index is 1130. The largest absolute Gasteiger partial charge is 0.460 e. The number of benzene rings is 1. The monoisotopic (exact) mass is 406 g/mol. The molecule has 0 aliphatic carbocycles. The van der Waals surface area contributed by atoms with Crippen molar-refractivity contribution in [3.05, 3.63) is 76.1 Å². The Labute approximate surface area is 173 Å². The Morgan fingerprint density at radius 3 is 2.66 bits per heavy atom. The van der Waals surface area contributed by atoms with Crippen molar-refractivity contribution in [3.63, 3.8) is 0 Å². The first kappa shape index (κ1) is 19.1. The van der Waals surface area contributed by atoms with Crippen molar-refractivity contribution in [3.8, 4) is 17.1 Å². The van der Waals surface area contributed by atoms with E-state index in [0.29, 0.717) is 23.6 Å². The van der Waals surface area contributed by atoms with Gasteiger partial charge in [0.1, 0.15) is 11.5 Å². The van der Waals surface area contributed by atoms with E-state index in [-0.39, 0.29) is 5.91 Å². The van der Waals surface area contributed by atoms with Crippen LogP contribution < -0.4 is 0 Å². The summed E-state index contributed by atoms with van der Waals surface area (Å²) >= 11 is 1.62. The van der Waals surface area contributed by atoms with E-state index in [9.17, 15) is 4.79 Å². The van der Waals surface area contributed by atoms with Crippen LogP contribution >= 0.6 is 11.3 Å². The van der Waals surface area contributed by atoms with Crippen molar-refractivity contribution in [1.29, 1.82) is 0 Å². The SMILES string of the molecule is CCc1nc(CN(C)C(=O)c2cn(-c3ccccc3)nc2-c2ccc(C)o2)cs1. The zero-order valence-corrected chi connectivity index (χ0v) is 17.4. The average molecular weight is 407 g/mol. The van der Waals surface area contributed by atoms with Crippen molar-refractivity contribution in [2.45, 2.75) is 26.8 Å². The van der Waals surface area contributed by atoms with E-state index in [2.05, 4.69) is 17.0 Å². The van der Waals surface area contributed by atoms with Crippen LogP contribution in [-0.4, -0.2) is 32.6 Å². The summed E-state index contributed by atoms with van der Waals surface area (Å²) < 4.78 is 7.48. The van der Waals surface area contributed by atoms with Crippen LogP contribution in [0.1, 0.15) is 33.7 Å². The highest BCUT2D eigenvalue weighted by atomic mass is 32.1. The second-order valence-electron chi connectivity index (χ2n) is 6.83. The van der Waals surface area contributed by atoms with Crippen LogP contribution in [0, 0.1) is 6.92 Å². The molecule has 4 aromatic rings. The molecule has 3 heterocycles. The molecule has 148 valence electrons. The molecule has 29 heavy (non-hydrogen) atoms. The molecule has 0 spiro atoms. The number of aromatic nitrogens is 3. The van der Waals surface area contributed by atoms with Crippen LogP contribution in [0.25, 0.3) is 17.1 Å². The Balaban J connectivity index is 1.68. The molecule has 0 bridgehead atoms. The quantitative estimate of drug-likeness (QED) is 0.464. The third-order valence-electron chi connectivity index (χ3n) is 4.59. The van der Waals surface area contributed by atoms with Crippen LogP contribution in [0.3, 0.4) is 0 Å². The fourth-order valence-electron chi connectivity index (χ4n) is 3.09. The molecule has 0 aliphatic heterocycles. The highest BCUT2D eigenvalue weighted by Crippen LogP contribution is 2.27. The van der Waals surface area contributed by atoms with Gasteiger partial charge in [-0.1, -0.05) is 25.1 Å². The molecule has 0 aliphatic rings.